The van der Waals surface area contributed by atoms with Crippen molar-refractivity contribution < 1.29 is 9.59 Å². The molecular formula is C22H28N4O2. The van der Waals surface area contributed by atoms with Crippen molar-refractivity contribution >= 4 is 23.3 Å². The first-order valence-corrected chi connectivity index (χ1v) is 9.80. The number of nitrogens with one attached hydrogen (secondary N) is 1. The fourth-order valence-corrected chi connectivity index (χ4v) is 3.35. The van der Waals surface area contributed by atoms with Crippen molar-refractivity contribution in [3.63, 3.8) is 0 Å². The number of hydrogen-bond donors (Lipinski definition) is 1. The molecule has 1 aromatic heterocycles. The third-order valence-corrected chi connectivity index (χ3v) is 4.89. The van der Waals surface area contributed by atoms with E-state index in [1.54, 1.807) is 6.20 Å². The van der Waals surface area contributed by atoms with Gasteiger partial charge in [-0.3, -0.25) is 9.59 Å². The highest BCUT2D eigenvalue weighted by Gasteiger charge is 2.23. The van der Waals surface area contributed by atoms with Gasteiger partial charge in [0.1, 0.15) is 5.82 Å². The zero-order chi connectivity index (χ0) is 20.1. The van der Waals surface area contributed by atoms with Gasteiger partial charge in [0.05, 0.1) is 11.9 Å². The number of piperazine rings is 1. The largest absolute Gasteiger partial charge is 0.353 e. The number of nitrogens with zero attached hydrogens (tertiary/aromatic N) is 3. The van der Waals surface area contributed by atoms with Gasteiger partial charge in [-0.2, -0.15) is 0 Å². The van der Waals surface area contributed by atoms with Crippen LogP contribution in [0.4, 0.5) is 11.5 Å². The van der Waals surface area contributed by atoms with E-state index in [4.69, 9.17) is 0 Å². The number of benzene rings is 1. The Morgan fingerprint density at radius 1 is 1.07 bits per heavy atom. The lowest BCUT2D eigenvalue weighted by atomic mass is 10.1. The molecule has 0 unspecified atom stereocenters. The van der Waals surface area contributed by atoms with E-state index < -0.39 is 0 Å². The van der Waals surface area contributed by atoms with Gasteiger partial charge in [-0.05, 0) is 36.6 Å². The lowest BCUT2D eigenvalue weighted by Crippen LogP contribution is -2.49. The van der Waals surface area contributed by atoms with Crippen LogP contribution < -0.4 is 10.2 Å². The Morgan fingerprint density at radius 2 is 1.79 bits per heavy atom. The second kappa shape index (κ2) is 8.87. The summed E-state index contributed by atoms with van der Waals surface area (Å²) < 4.78 is 0. The average Bonchev–Trinajstić information content (AvgIpc) is 2.68. The highest BCUT2D eigenvalue weighted by atomic mass is 16.2. The Labute approximate surface area is 166 Å². The maximum absolute atomic E-state index is 12.7. The molecule has 3 rings (SSSR count). The van der Waals surface area contributed by atoms with Crippen LogP contribution in [0.2, 0.25) is 0 Å². The first-order chi connectivity index (χ1) is 13.4. The van der Waals surface area contributed by atoms with Gasteiger partial charge in [0, 0.05) is 38.2 Å². The molecule has 148 valence electrons. The van der Waals surface area contributed by atoms with Crippen LogP contribution in [-0.4, -0.2) is 47.9 Å². The fourth-order valence-electron chi connectivity index (χ4n) is 3.35. The number of hydrogen-bond acceptors (Lipinski definition) is 4. The first kappa shape index (κ1) is 19.9. The molecule has 2 amide bonds. The van der Waals surface area contributed by atoms with E-state index in [-0.39, 0.29) is 11.8 Å². The zero-order valence-corrected chi connectivity index (χ0v) is 16.8. The number of aryl methyl sites for hydroxylation is 1. The molecule has 1 aliphatic rings. The van der Waals surface area contributed by atoms with Gasteiger partial charge in [-0.1, -0.05) is 32.0 Å². The van der Waals surface area contributed by atoms with E-state index in [0.717, 1.165) is 30.0 Å². The molecule has 6 nitrogen and oxygen atoms in total. The van der Waals surface area contributed by atoms with Gasteiger partial charge in [0.15, 0.2) is 0 Å². The number of carbonyl (C=O) groups is 2. The smallest absolute Gasteiger partial charge is 0.254 e. The number of aromatic nitrogens is 1. The van der Waals surface area contributed by atoms with Crippen molar-refractivity contribution in [2.75, 3.05) is 36.4 Å². The molecule has 1 N–H and O–H groups in total. The summed E-state index contributed by atoms with van der Waals surface area (Å²) in [4.78, 5) is 33.2. The molecule has 2 aromatic rings. The quantitative estimate of drug-likeness (QED) is 0.864. The molecular weight excluding hydrogens is 352 g/mol. The summed E-state index contributed by atoms with van der Waals surface area (Å²) in [5.41, 5.74) is 2.49. The van der Waals surface area contributed by atoms with E-state index in [1.807, 2.05) is 62.1 Å². The molecule has 0 spiro atoms. The molecule has 0 aliphatic carbocycles. The third-order valence-electron chi connectivity index (χ3n) is 4.89. The van der Waals surface area contributed by atoms with Crippen molar-refractivity contribution in [3.05, 3.63) is 53.7 Å². The first-order valence-electron chi connectivity index (χ1n) is 9.80. The molecule has 0 bridgehead atoms. The lowest BCUT2D eigenvalue weighted by molar-refractivity contribution is -0.116. The Balaban J connectivity index is 1.55. The van der Waals surface area contributed by atoms with E-state index in [1.165, 1.54) is 0 Å². The molecule has 1 fully saturated rings. The van der Waals surface area contributed by atoms with Crippen molar-refractivity contribution in [3.8, 4) is 0 Å². The number of anilines is 2. The summed E-state index contributed by atoms with van der Waals surface area (Å²) in [6, 6.07) is 11.5. The predicted octanol–water partition coefficient (Wildman–Crippen LogP) is 3.34. The number of pyridine rings is 1. The molecule has 1 saturated heterocycles. The van der Waals surface area contributed by atoms with Crippen LogP contribution in [-0.2, 0) is 4.79 Å². The van der Waals surface area contributed by atoms with Gasteiger partial charge in [0.2, 0.25) is 5.91 Å². The van der Waals surface area contributed by atoms with Gasteiger partial charge < -0.3 is 15.1 Å². The summed E-state index contributed by atoms with van der Waals surface area (Å²) in [5.74, 6) is 1.29. The Kier molecular flexibility index (Phi) is 6.29. The Hall–Kier alpha value is -2.89. The molecule has 0 atom stereocenters. The van der Waals surface area contributed by atoms with Crippen molar-refractivity contribution in [1.29, 1.82) is 0 Å². The second-order valence-electron chi connectivity index (χ2n) is 7.65. The van der Waals surface area contributed by atoms with Gasteiger partial charge in [-0.15, -0.1) is 0 Å². The van der Waals surface area contributed by atoms with Crippen LogP contribution in [0.1, 0.15) is 36.2 Å². The van der Waals surface area contributed by atoms with Crippen LogP contribution in [0.15, 0.2) is 42.6 Å². The van der Waals surface area contributed by atoms with Gasteiger partial charge in [0.25, 0.3) is 5.91 Å². The fraction of sp³-hybridized carbons (Fsp3) is 0.409. The van der Waals surface area contributed by atoms with Crippen molar-refractivity contribution in [2.24, 2.45) is 5.92 Å². The molecule has 0 radical (unpaired) electrons. The standard InChI is InChI=1S/C22H28N4O2/c1-16(2)14-21(27)24-18-8-9-20(23-15-18)25-10-12-26(13-11-25)22(28)19-7-5-4-6-17(19)3/h4-9,15-16H,10-14H2,1-3H3,(H,24,27). The molecule has 0 saturated carbocycles. The van der Waals surface area contributed by atoms with Crippen LogP contribution >= 0.6 is 0 Å². The van der Waals surface area contributed by atoms with Crippen molar-refractivity contribution in [1.82, 2.24) is 9.88 Å². The van der Waals surface area contributed by atoms with Gasteiger partial charge in [-0.25, -0.2) is 4.98 Å². The minimum Gasteiger partial charge on any atom is -0.353 e. The summed E-state index contributed by atoms with van der Waals surface area (Å²) in [7, 11) is 0. The predicted molar refractivity (Wildman–Crippen MR) is 112 cm³/mol. The van der Waals surface area contributed by atoms with Crippen molar-refractivity contribution in [2.45, 2.75) is 27.2 Å². The van der Waals surface area contributed by atoms with Crippen LogP contribution in [0.25, 0.3) is 0 Å². The number of rotatable bonds is 5. The third kappa shape index (κ3) is 4.88. The van der Waals surface area contributed by atoms with Crippen LogP contribution in [0, 0.1) is 12.8 Å². The van der Waals surface area contributed by atoms with E-state index >= 15 is 0 Å². The summed E-state index contributed by atoms with van der Waals surface area (Å²) in [6.45, 7) is 8.82. The molecule has 1 aromatic carbocycles. The monoisotopic (exact) mass is 380 g/mol. The summed E-state index contributed by atoms with van der Waals surface area (Å²) >= 11 is 0. The van der Waals surface area contributed by atoms with E-state index in [0.29, 0.717) is 31.1 Å². The highest BCUT2D eigenvalue weighted by molar-refractivity contribution is 5.95. The average molecular weight is 380 g/mol. The maximum atomic E-state index is 12.7. The zero-order valence-electron chi connectivity index (χ0n) is 16.8. The van der Waals surface area contributed by atoms with Gasteiger partial charge >= 0.3 is 0 Å². The van der Waals surface area contributed by atoms with E-state index in [2.05, 4.69) is 15.2 Å². The van der Waals surface area contributed by atoms with Crippen LogP contribution in [0.5, 0.6) is 0 Å². The Morgan fingerprint density at radius 3 is 2.39 bits per heavy atom. The minimum atomic E-state index is 0.00730. The molecule has 2 heterocycles. The summed E-state index contributed by atoms with van der Waals surface area (Å²) in [6.07, 6.45) is 2.19. The van der Waals surface area contributed by atoms with Crippen LogP contribution in [0.3, 0.4) is 0 Å². The number of carbonyl (C=O) groups excluding carboxylic acids is 2. The molecule has 6 heteroatoms. The minimum absolute atomic E-state index is 0.00730. The number of amides is 2. The lowest BCUT2D eigenvalue weighted by Gasteiger charge is -2.35. The summed E-state index contributed by atoms with van der Waals surface area (Å²) in [5, 5.41) is 2.88. The Bertz CT molecular complexity index is 825. The molecule has 1 aliphatic heterocycles. The van der Waals surface area contributed by atoms with E-state index in [9.17, 15) is 9.59 Å². The second-order valence-corrected chi connectivity index (χ2v) is 7.65. The maximum Gasteiger partial charge on any atom is 0.254 e. The molecule has 28 heavy (non-hydrogen) atoms. The topological polar surface area (TPSA) is 65.5 Å². The normalized spacial score (nSPS) is 14.3. The SMILES string of the molecule is Cc1ccccc1C(=O)N1CCN(c2ccc(NC(=O)CC(C)C)cn2)CC1. The highest BCUT2D eigenvalue weighted by Crippen LogP contribution is 2.18.